The van der Waals surface area contributed by atoms with Gasteiger partial charge < -0.3 is 10.4 Å². The molecule has 1 amide bonds. The fourth-order valence-electron chi connectivity index (χ4n) is 1.84. The molecule has 2 rings (SSSR count). The Morgan fingerprint density at radius 1 is 0.957 bits per heavy atom. The minimum atomic E-state index is -3.43. The number of hydrogen-bond donors (Lipinski definition) is 3. The summed E-state index contributed by atoms with van der Waals surface area (Å²) in [7, 11) is -3.43. The van der Waals surface area contributed by atoms with Crippen LogP contribution in [0.5, 0.6) is 0 Å². The van der Waals surface area contributed by atoms with Crippen LogP contribution in [-0.4, -0.2) is 31.7 Å². The van der Waals surface area contributed by atoms with E-state index in [0.29, 0.717) is 5.69 Å². The second kappa shape index (κ2) is 6.49. The molecule has 0 saturated heterocycles. The van der Waals surface area contributed by atoms with Crippen molar-refractivity contribution in [1.29, 1.82) is 0 Å². The highest BCUT2D eigenvalue weighted by molar-refractivity contribution is 7.92. The maximum Gasteiger partial charge on any atom is 0.335 e. The molecule has 0 aliphatic heterocycles. The standard InChI is InChI=1S/C15H14N2O5S/c1-23(21,22)17-13-4-2-3-11(9-13)14(18)16-12-7-5-10(6-8-12)15(19)20/h2-9,17H,1H3,(H,16,18)(H,19,20). The Balaban J connectivity index is 2.14. The van der Waals surface area contributed by atoms with Gasteiger partial charge in [-0.2, -0.15) is 0 Å². The molecule has 0 heterocycles. The van der Waals surface area contributed by atoms with Crippen molar-refractivity contribution in [3.8, 4) is 0 Å². The minimum Gasteiger partial charge on any atom is -0.478 e. The smallest absolute Gasteiger partial charge is 0.335 e. The van der Waals surface area contributed by atoms with Crippen LogP contribution in [0.1, 0.15) is 20.7 Å². The van der Waals surface area contributed by atoms with Crippen LogP contribution < -0.4 is 10.0 Å². The van der Waals surface area contributed by atoms with Crippen molar-refractivity contribution in [2.45, 2.75) is 0 Å². The van der Waals surface area contributed by atoms with Gasteiger partial charge in [0.2, 0.25) is 10.0 Å². The molecular formula is C15H14N2O5S. The highest BCUT2D eigenvalue weighted by Crippen LogP contribution is 2.15. The summed E-state index contributed by atoms with van der Waals surface area (Å²) >= 11 is 0. The fourth-order valence-corrected chi connectivity index (χ4v) is 2.39. The van der Waals surface area contributed by atoms with E-state index in [2.05, 4.69) is 10.0 Å². The first-order chi connectivity index (χ1) is 10.7. The topological polar surface area (TPSA) is 113 Å². The third-order valence-corrected chi connectivity index (χ3v) is 3.42. The van der Waals surface area contributed by atoms with Crippen LogP contribution >= 0.6 is 0 Å². The van der Waals surface area contributed by atoms with Crippen molar-refractivity contribution in [2.24, 2.45) is 0 Å². The van der Waals surface area contributed by atoms with Gasteiger partial charge in [0.15, 0.2) is 0 Å². The monoisotopic (exact) mass is 334 g/mol. The van der Waals surface area contributed by atoms with Crippen molar-refractivity contribution in [2.75, 3.05) is 16.3 Å². The maximum atomic E-state index is 12.1. The molecule has 0 radical (unpaired) electrons. The Bertz CT molecular complexity index is 844. The van der Waals surface area contributed by atoms with Crippen LogP contribution in [0.15, 0.2) is 48.5 Å². The number of carbonyl (C=O) groups excluding carboxylic acids is 1. The second-order valence-corrected chi connectivity index (χ2v) is 6.54. The first-order valence-electron chi connectivity index (χ1n) is 6.47. The number of nitrogens with one attached hydrogen (secondary N) is 2. The molecule has 3 N–H and O–H groups in total. The van der Waals surface area contributed by atoms with Gasteiger partial charge in [-0.25, -0.2) is 13.2 Å². The van der Waals surface area contributed by atoms with Crippen molar-refractivity contribution < 1.29 is 23.1 Å². The molecule has 0 spiro atoms. The molecule has 2 aromatic carbocycles. The zero-order valence-electron chi connectivity index (χ0n) is 12.1. The zero-order chi connectivity index (χ0) is 17.0. The molecular weight excluding hydrogens is 320 g/mol. The lowest BCUT2D eigenvalue weighted by Gasteiger charge is -2.08. The summed E-state index contributed by atoms with van der Waals surface area (Å²) in [6.07, 6.45) is 1.02. The van der Waals surface area contributed by atoms with Crippen molar-refractivity contribution in [3.63, 3.8) is 0 Å². The molecule has 8 heteroatoms. The van der Waals surface area contributed by atoms with Crippen LogP contribution in [-0.2, 0) is 10.0 Å². The van der Waals surface area contributed by atoms with Gasteiger partial charge in [-0.3, -0.25) is 9.52 Å². The summed E-state index contributed by atoms with van der Waals surface area (Å²) in [6, 6.07) is 11.7. The Morgan fingerprint density at radius 2 is 1.61 bits per heavy atom. The fraction of sp³-hybridized carbons (Fsp3) is 0.0667. The van der Waals surface area contributed by atoms with E-state index in [-0.39, 0.29) is 16.8 Å². The van der Waals surface area contributed by atoms with E-state index in [1.807, 2.05) is 0 Å². The van der Waals surface area contributed by atoms with Gasteiger partial charge in [-0.05, 0) is 42.5 Å². The first-order valence-corrected chi connectivity index (χ1v) is 8.36. The largest absolute Gasteiger partial charge is 0.478 e. The van der Waals surface area contributed by atoms with Crippen LogP contribution in [0.2, 0.25) is 0 Å². The van der Waals surface area contributed by atoms with Crippen LogP contribution in [0.4, 0.5) is 11.4 Å². The molecule has 0 aliphatic rings. The van der Waals surface area contributed by atoms with Crippen molar-refractivity contribution >= 4 is 33.3 Å². The van der Waals surface area contributed by atoms with Crippen molar-refractivity contribution in [3.05, 3.63) is 59.7 Å². The van der Waals surface area contributed by atoms with Gasteiger partial charge in [0.1, 0.15) is 0 Å². The molecule has 2 aromatic rings. The first kappa shape index (κ1) is 16.5. The van der Waals surface area contributed by atoms with Gasteiger partial charge in [0.05, 0.1) is 11.8 Å². The summed E-state index contributed by atoms with van der Waals surface area (Å²) in [5, 5.41) is 11.4. The van der Waals surface area contributed by atoms with Crippen LogP contribution in [0.25, 0.3) is 0 Å². The Hall–Kier alpha value is -2.87. The van der Waals surface area contributed by atoms with Gasteiger partial charge in [0.25, 0.3) is 5.91 Å². The summed E-state index contributed by atoms with van der Waals surface area (Å²) in [5.74, 6) is -1.49. The number of carbonyl (C=O) groups is 2. The lowest BCUT2D eigenvalue weighted by Crippen LogP contribution is -2.14. The molecule has 0 aromatic heterocycles. The van der Waals surface area contributed by atoms with Gasteiger partial charge in [-0.15, -0.1) is 0 Å². The van der Waals surface area contributed by atoms with E-state index in [4.69, 9.17) is 5.11 Å². The number of carboxylic acids is 1. The van der Waals surface area contributed by atoms with E-state index in [1.54, 1.807) is 6.07 Å². The molecule has 7 nitrogen and oxygen atoms in total. The van der Waals surface area contributed by atoms with E-state index in [1.165, 1.54) is 42.5 Å². The van der Waals surface area contributed by atoms with E-state index >= 15 is 0 Å². The lowest BCUT2D eigenvalue weighted by atomic mass is 10.1. The highest BCUT2D eigenvalue weighted by Gasteiger charge is 2.09. The molecule has 0 bridgehead atoms. The van der Waals surface area contributed by atoms with Gasteiger partial charge in [0, 0.05) is 16.9 Å². The number of benzene rings is 2. The minimum absolute atomic E-state index is 0.113. The Labute approximate surface area is 133 Å². The molecule has 0 aliphatic carbocycles. The maximum absolute atomic E-state index is 12.1. The lowest BCUT2D eigenvalue weighted by molar-refractivity contribution is 0.0696. The number of anilines is 2. The Kier molecular flexibility index (Phi) is 4.65. The Morgan fingerprint density at radius 3 is 2.17 bits per heavy atom. The average Bonchev–Trinajstić information content (AvgIpc) is 2.46. The molecule has 0 atom stereocenters. The van der Waals surface area contributed by atoms with E-state index < -0.39 is 21.9 Å². The molecule has 0 unspecified atom stereocenters. The number of sulfonamides is 1. The number of aromatic carboxylic acids is 1. The number of amides is 1. The molecule has 23 heavy (non-hydrogen) atoms. The summed E-state index contributed by atoms with van der Waals surface area (Å²) < 4.78 is 24.7. The zero-order valence-corrected chi connectivity index (χ0v) is 12.9. The van der Waals surface area contributed by atoms with Gasteiger partial charge >= 0.3 is 5.97 Å². The third-order valence-electron chi connectivity index (χ3n) is 2.82. The normalized spacial score (nSPS) is 10.8. The van der Waals surface area contributed by atoms with Crippen LogP contribution in [0, 0.1) is 0 Å². The quantitative estimate of drug-likeness (QED) is 0.774. The second-order valence-electron chi connectivity index (χ2n) is 4.79. The number of carboxylic acid groups (broad SMARTS) is 1. The van der Waals surface area contributed by atoms with Crippen LogP contribution in [0.3, 0.4) is 0 Å². The highest BCUT2D eigenvalue weighted by atomic mass is 32.2. The average molecular weight is 334 g/mol. The summed E-state index contributed by atoms with van der Waals surface area (Å²) in [5.41, 5.74) is 1.09. The predicted molar refractivity (Wildman–Crippen MR) is 86.3 cm³/mol. The third kappa shape index (κ3) is 4.82. The summed E-state index contributed by atoms with van der Waals surface area (Å²) in [4.78, 5) is 22.9. The number of hydrogen-bond acceptors (Lipinski definition) is 4. The van der Waals surface area contributed by atoms with Gasteiger partial charge in [-0.1, -0.05) is 6.07 Å². The SMILES string of the molecule is CS(=O)(=O)Nc1cccc(C(=O)Nc2ccc(C(=O)O)cc2)c1. The number of rotatable bonds is 5. The molecule has 120 valence electrons. The summed E-state index contributed by atoms with van der Waals surface area (Å²) in [6.45, 7) is 0. The molecule has 0 saturated carbocycles. The van der Waals surface area contributed by atoms with Crippen molar-refractivity contribution in [1.82, 2.24) is 0 Å². The predicted octanol–water partition coefficient (Wildman–Crippen LogP) is 2.01. The molecule has 0 fully saturated rings. The van der Waals surface area contributed by atoms with E-state index in [0.717, 1.165) is 6.26 Å². The van der Waals surface area contributed by atoms with E-state index in [9.17, 15) is 18.0 Å².